The topological polar surface area (TPSA) is 58.4 Å². The Hall–Kier alpha value is -0.810. The second-order valence-corrected chi connectivity index (χ2v) is 6.91. The third kappa shape index (κ3) is 5.92. The molecule has 0 saturated carbocycles. The van der Waals surface area contributed by atoms with Gasteiger partial charge in [0.25, 0.3) is 5.91 Å². The monoisotopic (exact) mass is 375 g/mol. The normalized spacial score (nSPS) is 16.9. The summed E-state index contributed by atoms with van der Waals surface area (Å²) in [7, 11) is 0. The van der Waals surface area contributed by atoms with Crippen LogP contribution in [0.1, 0.15) is 49.5 Å². The van der Waals surface area contributed by atoms with Crippen LogP contribution in [0.5, 0.6) is 0 Å². The molecule has 1 amide bonds. The molecule has 1 unspecified atom stereocenters. The lowest BCUT2D eigenvalue weighted by Crippen LogP contribution is -2.55. The molecular formula is C18H31Cl2N3O. The Morgan fingerprint density at radius 2 is 1.92 bits per heavy atom. The van der Waals surface area contributed by atoms with Crippen molar-refractivity contribution in [1.29, 1.82) is 0 Å². The third-order valence-electron chi connectivity index (χ3n) is 4.89. The zero-order chi connectivity index (χ0) is 16.2. The predicted molar refractivity (Wildman–Crippen MR) is 105 cm³/mol. The van der Waals surface area contributed by atoms with E-state index in [-0.39, 0.29) is 42.2 Å². The van der Waals surface area contributed by atoms with Gasteiger partial charge in [-0.05, 0) is 56.5 Å². The van der Waals surface area contributed by atoms with Gasteiger partial charge in [-0.2, -0.15) is 0 Å². The summed E-state index contributed by atoms with van der Waals surface area (Å²) >= 11 is 0. The molecule has 0 aliphatic carbocycles. The van der Waals surface area contributed by atoms with Crippen LogP contribution >= 0.6 is 24.8 Å². The summed E-state index contributed by atoms with van der Waals surface area (Å²) in [6.07, 6.45) is 2.56. The summed E-state index contributed by atoms with van der Waals surface area (Å²) in [6.45, 7) is 9.85. The summed E-state index contributed by atoms with van der Waals surface area (Å²) in [4.78, 5) is 15.0. The van der Waals surface area contributed by atoms with E-state index in [1.807, 2.05) is 25.1 Å². The minimum atomic E-state index is -0.373. The zero-order valence-corrected chi connectivity index (χ0v) is 16.5. The molecule has 6 heteroatoms. The highest BCUT2D eigenvalue weighted by atomic mass is 35.5. The molecule has 0 spiro atoms. The van der Waals surface area contributed by atoms with E-state index >= 15 is 0 Å². The van der Waals surface area contributed by atoms with Crippen LogP contribution < -0.4 is 11.1 Å². The van der Waals surface area contributed by atoms with Crippen LogP contribution in [0.15, 0.2) is 24.3 Å². The van der Waals surface area contributed by atoms with E-state index in [4.69, 9.17) is 5.73 Å². The minimum Gasteiger partial charge on any atom is -0.345 e. The molecule has 0 radical (unpaired) electrons. The first kappa shape index (κ1) is 23.2. The number of rotatable bonds is 6. The Labute approximate surface area is 158 Å². The second-order valence-electron chi connectivity index (χ2n) is 6.91. The number of likely N-dealkylation sites (tertiary alicyclic amines) is 1. The van der Waals surface area contributed by atoms with Gasteiger partial charge in [-0.25, -0.2) is 0 Å². The molecule has 138 valence electrons. The molecule has 0 bridgehead atoms. The number of carbonyl (C=O) groups is 1. The molecule has 1 atom stereocenters. The van der Waals surface area contributed by atoms with E-state index in [0.29, 0.717) is 6.54 Å². The molecule has 1 aromatic rings. The highest BCUT2D eigenvalue weighted by Crippen LogP contribution is 2.17. The summed E-state index contributed by atoms with van der Waals surface area (Å²) in [5, 5.41) is 3.10. The summed E-state index contributed by atoms with van der Waals surface area (Å²) < 4.78 is 0. The van der Waals surface area contributed by atoms with Crippen molar-refractivity contribution >= 4 is 30.7 Å². The van der Waals surface area contributed by atoms with E-state index in [0.717, 1.165) is 25.2 Å². The van der Waals surface area contributed by atoms with Gasteiger partial charge in [0.2, 0.25) is 0 Å². The molecule has 3 N–H and O–H groups in total. The van der Waals surface area contributed by atoms with Gasteiger partial charge in [0, 0.05) is 18.7 Å². The molecular weight excluding hydrogens is 345 g/mol. The summed E-state index contributed by atoms with van der Waals surface area (Å²) in [5.74, 6) is 0.249. The Morgan fingerprint density at radius 3 is 2.46 bits per heavy atom. The zero-order valence-electron chi connectivity index (χ0n) is 14.9. The third-order valence-corrected chi connectivity index (χ3v) is 4.89. The van der Waals surface area contributed by atoms with Gasteiger partial charge in [0.15, 0.2) is 0 Å². The van der Waals surface area contributed by atoms with Gasteiger partial charge < -0.3 is 11.1 Å². The number of halogens is 2. The van der Waals surface area contributed by atoms with Crippen LogP contribution in [0.25, 0.3) is 0 Å². The Bertz CT molecular complexity index is 519. The van der Waals surface area contributed by atoms with Crippen LogP contribution in [0.4, 0.5) is 0 Å². The van der Waals surface area contributed by atoms with Gasteiger partial charge in [-0.1, -0.05) is 26.0 Å². The second kappa shape index (κ2) is 10.2. The number of hydrogen-bond acceptors (Lipinski definition) is 3. The molecule has 1 aromatic carbocycles. The average molecular weight is 376 g/mol. The van der Waals surface area contributed by atoms with Crippen molar-refractivity contribution in [3.63, 3.8) is 0 Å². The van der Waals surface area contributed by atoms with Crippen LogP contribution in [-0.4, -0.2) is 36.0 Å². The number of benzene rings is 1. The van der Waals surface area contributed by atoms with E-state index in [1.165, 1.54) is 18.4 Å². The van der Waals surface area contributed by atoms with E-state index in [1.54, 1.807) is 0 Å². The largest absolute Gasteiger partial charge is 0.345 e. The van der Waals surface area contributed by atoms with Crippen molar-refractivity contribution in [1.82, 2.24) is 10.2 Å². The molecule has 1 aliphatic heterocycles. The van der Waals surface area contributed by atoms with E-state index in [2.05, 4.69) is 30.1 Å². The minimum absolute atomic E-state index is 0. The predicted octanol–water partition coefficient (Wildman–Crippen LogP) is 3.23. The first-order valence-corrected chi connectivity index (χ1v) is 8.28. The van der Waals surface area contributed by atoms with Crippen molar-refractivity contribution < 1.29 is 4.79 Å². The number of amides is 1. The first-order valence-electron chi connectivity index (χ1n) is 8.28. The molecule has 1 heterocycles. The fourth-order valence-corrected chi connectivity index (χ4v) is 2.77. The van der Waals surface area contributed by atoms with Crippen molar-refractivity contribution in [2.24, 2.45) is 11.7 Å². The Balaban J connectivity index is 0.00000264. The lowest BCUT2D eigenvalue weighted by molar-refractivity contribution is 0.0883. The van der Waals surface area contributed by atoms with Crippen LogP contribution in [0.2, 0.25) is 0 Å². The van der Waals surface area contributed by atoms with Gasteiger partial charge in [0.1, 0.15) is 0 Å². The lowest BCUT2D eigenvalue weighted by Gasteiger charge is -2.33. The lowest BCUT2D eigenvalue weighted by atomic mass is 9.88. The fourth-order valence-electron chi connectivity index (χ4n) is 2.77. The van der Waals surface area contributed by atoms with Gasteiger partial charge in [0.05, 0.1) is 5.54 Å². The van der Waals surface area contributed by atoms with E-state index < -0.39 is 0 Å². The standard InChI is InChI=1S/C18H29N3O.2ClH/c1-14(2)18(3,13-19)20-17(22)16-8-6-7-15(11-16)12-21-9-4-5-10-21;;/h6-8,11,14H,4-5,9-10,12-13,19H2,1-3H3,(H,20,22);2*1H. The molecule has 1 aliphatic rings. The quantitative estimate of drug-likeness (QED) is 0.802. The number of nitrogens with zero attached hydrogens (tertiary/aromatic N) is 1. The maximum Gasteiger partial charge on any atom is 0.251 e. The summed E-state index contributed by atoms with van der Waals surface area (Å²) in [6, 6.07) is 7.94. The van der Waals surface area contributed by atoms with Crippen molar-refractivity contribution in [2.75, 3.05) is 19.6 Å². The van der Waals surface area contributed by atoms with Gasteiger partial charge in [-0.15, -0.1) is 24.8 Å². The molecule has 2 rings (SSSR count). The highest BCUT2D eigenvalue weighted by Gasteiger charge is 2.28. The van der Waals surface area contributed by atoms with Gasteiger partial charge in [-0.3, -0.25) is 9.69 Å². The SMILES string of the molecule is CC(C)C(C)(CN)NC(=O)c1cccc(CN2CCCC2)c1.Cl.Cl. The maximum absolute atomic E-state index is 12.5. The van der Waals surface area contributed by atoms with Crippen LogP contribution in [-0.2, 0) is 6.54 Å². The Morgan fingerprint density at radius 1 is 1.29 bits per heavy atom. The molecule has 1 saturated heterocycles. The Kier molecular flexibility index (Phi) is 9.90. The van der Waals surface area contributed by atoms with Crippen LogP contribution in [0.3, 0.4) is 0 Å². The molecule has 0 aromatic heterocycles. The molecule has 1 fully saturated rings. The van der Waals surface area contributed by atoms with E-state index in [9.17, 15) is 4.79 Å². The number of carbonyl (C=O) groups excluding carboxylic acids is 1. The van der Waals surface area contributed by atoms with Crippen molar-refractivity contribution in [3.05, 3.63) is 35.4 Å². The summed E-state index contributed by atoms with van der Waals surface area (Å²) in [5.41, 5.74) is 7.40. The number of nitrogens with one attached hydrogen (secondary N) is 1. The first-order chi connectivity index (χ1) is 10.4. The smallest absolute Gasteiger partial charge is 0.251 e. The number of hydrogen-bond donors (Lipinski definition) is 2. The van der Waals surface area contributed by atoms with Crippen molar-refractivity contribution in [2.45, 2.75) is 45.7 Å². The van der Waals surface area contributed by atoms with Crippen molar-refractivity contribution in [3.8, 4) is 0 Å². The molecule has 24 heavy (non-hydrogen) atoms. The average Bonchev–Trinajstić information content (AvgIpc) is 3.00. The highest BCUT2D eigenvalue weighted by molar-refractivity contribution is 5.94. The fraction of sp³-hybridized carbons (Fsp3) is 0.611. The maximum atomic E-state index is 12.5. The van der Waals surface area contributed by atoms with Crippen LogP contribution in [0, 0.1) is 5.92 Å². The van der Waals surface area contributed by atoms with Gasteiger partial charge >= 0.3 is 0 Å². The molecule has 4 nitrogen and oxygen atoms in total. The number of nitrogens with two attached hydrogens (primary N) is 1.